The van der Waals surface area contributed by atoms with E-state index in [0.717, 1.165) is 33.4 Å². The highest BCUT2D eigenvalue weighted by Crippen LogP contribution is 2.36. The highest BCUT2D eigenvalue weighted by Gasteiger charge is 2.33. The summed E-state index contributed by atoms with van der Waals surface area (Å²) in [4.78, 5) is 15.6. The molecular formula is C22H16ClF3N2O. The maximum atomic E-state index is 12.9. The topological polar surface area (TPSA) is 44.9 Å². The number of nitrogens with one attached hydrogen (secondary N) is 2. The molecule has 0 fully saturated rings. The van der Waals surface area contributed by atoms with E-state index in [1.165, 1.54) is 12.1 Å². The molecule has 0 unspecified atom stereocenters. The van der Waals surface area contributed by atoms with Crippen LogP contribution in [0.5, 0.6) is 0 Å². The smallest absolute Gasteiger partial charge is 0.355 e. The molecule has 4 rings (SSSR count). The Bertz CT molecular complexity index is 1210. The van der Waals surface area contributed by atoms with Crippen LogP contribution in [-0.2, 0) is 23.9 Å². The minimum absolute atomic E-state index is 0.0732. The van der Waals surface area contributed by atoms with Gasteiger partial charge >= 0.3 is 6.18 Å². The van der Waals surface area contributed by atoms with Crippen LogP contribution in [0.2, 0.25) is 5.02 Å². The van der Waals surface area contributed by atoms with Crippen molar-refractivity contribution in [3.05, 3.63) is 82.4 Å². The molecule has 1 heterocycles. The zero-order valence-corrected chi connectivity index (χ0v) is 15.9. The van der Waals surface area contributed by atoms with Crippen molar-refractivity contribution in [2.75, 3.05) is 0 Å². The highest BCUT2D eigenvalue weighted by molar-refractivity contribution is 6.32. The fraction of sp³-hybridized carbons (Fsp3) is 0.136. The van der Waals surface area contributed by atoms with Crippen LogP contribution in [0.3, 0.4) is 0 Å². The van der Waals surface area contributed by atoms with Gasteiger partial charge in [-0.1, -0.05) is 54.1 Å². The van der Waals surface area contributed by atoms with Crippen molar-refractivity contribution in [3.8, 4) is 0 Å². The number of benzene rings is 3. The van der Waals surface area contributed by atoms with Crippen molar-refractivity contribution >= 4 is 39.3 Å². The SMILES string of the molecule is O=C(Cc1ccc2c(c1)[nH]c1ccccc12)NCc1cccc(C(F)(F)F)c1Cl. The Kier molecular flexibility index (Phi) is 4.96. The van der Waals surface area contributed by atoms with E-state index in [2.05, 4.69) is 10.3 Å². The number of para-hydroxylation sites is 1. The van der Waals surface area contributed by atoms with E-state index in [-0.39, 0.29) is 29.5 Å². The number of amides is 1. The van der Waals surface area contributed by atoms with Crippen LogP contribution in [0.25, 0.3) is 21.8 Å². The number of rotatable bonds is 4. The maximum absolute atomic E-state index is 12.9. The van der Waals surface area contributed by atoms with E-state index in [9.17, 15) is 18.0 Å². The lowest BCUT2D eigenvalue weighted by molar-refractivity contribution is -0.137. The van der Waals surface area contributed by atoms with Gasteiger partial charge in [0.05, 0.1) is 17.0 Å². The van der Waals surface area contributed by atoms with E-state index < -0.39 is 11.7 Å². The largest absolute Gasteiger partial charge is 0.417 e. The number of carbonyl (C=O) groups is 1. The van der Waals surface area contributed by atoms with Gasteiger partial charge < -0.3 is 10.3 Å². The van der Waals surface area contributed by atoms with Crippen molar-refractivity contribution in [1.82, 2.24) is 10.3 Å². The fourth-order valence-electron chi connectivity index (χ4n) is 3.39. The summed E-state index contributed by atoms with van der Waals surface area (Å²) < 4.78 is 38.8. The molecule has 0 atom stereocenters. The Morgan fingerprint density at radius 2 is 1.72 bits per heavy atom. The van der Waals surface area contributed by atoms with Crippen molar-refractivity contribution < 1.29 is 18.0 Å². The average molecular weight is 417 g/mol. The lowest BCUT2D eigenvalue weighted by atomic mass is 10.1. The number of hydrogen-bond acceptors (Lipinski definition) is 1. The Morgan fingerprint density at radius 1 is 0.966 bits per heavy atom. The van der Waals surface area contributed by atoms with Crippen LogP contribution in [0, 0.1) is 0 Å². The van der Waals surface area contributed by atoms with Crippen LogP contribution in [-0.4, -0.2) is 10.9 Å². The molecule has 0 aliphatic carbocycles. The number of aromatic amines is 1. The number of carbonyl (C=O) groups excluding carboxylic acids is 1. The van der Waals surface area contributed by atoms with E-state index in [4.69, 9.17) is 11.6 Å². The molecule has 1 aromatic heterocycles. The molecule has 4 aromatic rings. The molecule has 0 spiro atoms. The van der Waals surface area contributed by atoms with Gasteiger partial charge in [0.2, 0.25) is 5.91 Å². The van der Waals surface area contributed by atoms with Gasteiger partial charge in [0.1, 0.15) is 0 Å². The molecule has 148 valence electrons. The third kappa shape index (κ3) is 3.93. The summed E-state index contributed by atoms with van der Waals surface area (Å²) in [5.74, 6) is -0.297. The first-order chi connectivity index (χ1) is 13.8. The fourth-order valence-corrected chi connectivity index (χ4v) is 3.69. The molecule has 0 aliphatic rings. The summed E-state index contributed by atoms with van der Waals surface area (Å²) in [6.45, 7) is -0.0732. The molecule has 0 bridgehead atoms. The van der Waals surface area contributed by atoms with E-state index in [1.54, 1.807) is 0 Å². The number of alkyl halides is 3. The van der Waals surface area contributed by atoms with Gasteiger partial charge in [-0.05, 0) is 29.3 Å². The van der Waals surface area contributed by atoms with Crippen LogP contribution in [0.15, 0.2) is 60.7 Å². The van der Waals surface area contributed by atoms with E-state index in [0.29, 0.717) is 0 Å². The summed E-state index contributed by atoms with van der Waals surface area (Å²) in [5, 5.41) is 4.43. The van der Waals surface area contributed by atoms with Crippen LogP contribution < -0.4 is 5.32 Å². The highest BCUT2D eigenvalue weighted by atomic mass is 35.5. The molecule has 3 aromatic carbocycles. The van der Waals surface area contributed by atoms with Crippen LogP contribution >= 0.6 is 11.6 Å². The zero-order chi connectivity index (χ0) is 20.6. The van der Waals surface area contributed by atoms with Gasteiger partial charge in [-0.15, -0.1) is 0 Å². The minimum atomic E-state index is -4.54. The summed E-state index contributed by atoms with van der Waals surface area (Å²) in [7, 11) is 0. The Labute approximate surface area is 169 Å². The molecule has 29 heavy (non-hydrogen) atoms. The lowest BCUT2D eigenvalue weighted by Crippen LogP contribution is -2.25. The van der Waals surface area contributed by atoms with E-state index in [1.807, 2.05) is 42.5 Å². The first-order valence-electron chi connectivity index (χ1n) is 8.93. The van der Waals surface area contributed by atoms with E-state index >= 15 is 0 Å². The number of halogens is 4. The number of aromatic nitrogens is 1. The predicted molar refractivity (Wildman–Crippen MR) is 108 cm³/mol. The van der Waals surface area contributed by atoms with Gasteiger partial charge in [0.15, 0.2) is 0 Å². The molecule has 0 aliphatic heterocycles. The summed E-state index contributed by atoms with van der Waals surface area (Å²) in [6.07, 6.45) is -4.42. The molecule has 3 nitrogen and oxygen atoms in total. The first-order valence-corrected chi connectivity index (χ1v) is 9.31. The first kappa shape index (κ1) is 19.3. The predicted octanol–water partition coefficient (Wildman–Crippen LogP) is 5.85. The second-order valence-electron chi connectivity index (χ2n) is 6.78. The summed E-state index contributed by atoms with van der Waals surface area (Å²) in [6, 6.07) is 17.3. The second kappa shape index (κ2) is 7.44. The number of fused-ring (bicyclic) bond motifs is 3. The average Bonchev–Trinajstić information content (AvgIpc) is 3.04. The Morgan fingerprint density at radius 3 is 2.52 bits per heavy atom. The number of hydrogen-bond donors (Lipinski definition) is 2. The van der Waals surface area contributed by atoms with Gasteiger partial charge in [-0.25, -0.2) is 0 Å². The van der Waals surface area contributed by atoms with Crippen molar-refractivity contribution in [2.45, 2.75) is 19.1 Å². The third-order valence-corrected chi connectivity index (χ3v) is 5.24. The summed E-state index contributed by atoms with van der Waals surface area (Å²) >= 11 is 5.87. The van der Waals surface area contributed by atoms with Gasteiger partial charge in [-0.3, -0.25) is 4.79 Å². The monoisotopic (exact) mass is 416 g/mol. The van der Waals surface area contributed by atoms with Crippen molar-refractivity contribution in [3.63, 3.8) is 0 Å². The quantitative estimate of drug-likeness (QED) is 0.430. The van der Waals surface area contributed by atoms with Gasteiger partial charge in [0.25, 0.3) is 0 Å². The number of H-pyrrole nitrogens is 1. The van der Waals surface area contributed by atoms with Crippen molar-refractivity contribution in [2.24, 2.45) is 0 Å². The summed E-state index contributed by atoms with van der Waals surface area (Å²) in [5.41, 5.74) is 2.06. The minimum Gasteiger partial charge on any atom is -0.355 e. The lowest BCUT2D eigenvalue weighted by Gasteiger charge is -2.13. The van der Waals surface area contributed by atoms with Gasteiger partial charge in [-0.2, -0.15) is 13.2 Å². The molecule has 0 radical (unpaired) electrons. The standard InChI is InChI=1S/C22H16ClF3N2O/c23-21-14(4-3-6-17(21)22(24,25)26)12-27-20(29)11-13-8-9-16-15-5-1-2-7-18(15)28-19(16)10-13/h1-10,28H,11-12H2,(H,27,29). The van der Waals surface area contributed by atoms with Crippen molar-refractivity contribution in [1.29, 1.82) is 0 Å². The molecular weight excluding hydrogens is 401 g/mol. The normalized spacial score (nSPS) is 11.9. The third-order valence-electron chi connectivity index (χ3n) is 4.80. The van der Waals surface area contributed by atoms with Gasteiger partial charge in [0, 0.05) is 28.4 Å². The zero-order valence-electron chi connectivity index (χ0n) is 15.1. The maximum Gasteiger partial charge on any atom is 0.417 e. The molecule has 7 heteroatoms. The molecule has 0 saturated carbocycles. The van der Waals surface area contributed by atoms with Crippen LogP contribution in [0.1, 0.15) is 16.7 Å². The Balaban J connectivity index is 1.47. The Hall–Kier alpha value is -2.99. The molecule has 0 saturated heterocycles. The molecule has 1 amide bonds. The molecule has 2 N–H and O–H groups in total. The second-order valence-corrected chi connectivity index (χ2v) is 7.16. The van der Waals surface area contributed by atoms with Crippen LogP contribution in [0.4, 0.5) is 13.2 Å².